The van der Waals surface area contributed by atoms with Crippen LogP contribution in [0.5, 0.6) is 0 Å². The topological polar surface area (TPSA) is 69.0 Å². The molecule has 6 nitrogen and oxygen atoms in total. The maximum atomic E-state index is 11.8. The Kier molecular flexibility index (Phi) is 5.21. The molecule has 1 unspecified atom stereocenters. The zero-order chi connectivity index (χ0) is 13.7. The van der Waals surface area contributed by atoms with Crippen LogP contribution in [-0.2, 0) is 11.3 Å². The molecule has 0 saturated carbocycles. The summed E-state index contributed by atoms with van der Waals surface area (Å²) in [6.45, 7) is 1.76. The van der Waals surface area contributed by atoms with Crippen molar-refractivity contribution in [2.45, 2.75) is 31.8 Å². The average Bonchev–Trinajstić information content (AvgIpc) is 3.06. The van der Waals surface area contributed by atoms with Crippen LogP contribution in [0.2, 0.25) is 0 Å². The Balaban J connectivity index is 2.21. The Bertz CT molecular complexity index is 429. The van der Waals surface area contributed by atoms with Gasteiger partial charge in [-0.1, -0.05) is 5.21 Å². The quantitative estimate of drug-likeness (QED) is 0.626. The first-order chi connectivity index (χ1) is 9.27. The molecule has 1 aromatic heterocycles. The first-order valence-electron chi connectivity index (χ1n) is 6.52. The lowest BCUT2D eigenvalue weighted by molar-refractivity contribution is 0.0591. The third kappa shape index (κ3) is 3.27. The first kappa shape index (κ1) is 14.3. The number of ether oxygens (including phenoxy) is 1. The van der Waals surface area contributed by atoms with Crippen molar-refractivity contribution in [3.05, 3.63) is 11.4 Å². The Morgan fingerprint density at radius 1 is 1.63 bits per heavy atom. The predicted octanol–water partition coefficient (Wildman–Crippen LogP) is 1.24. The number of hydrogen-bond acceptors (Lipinski definition) is 6. The smallest absolute Gasteiger partial charge is 0.360 e. The number of nitrogens with zero attached hydrogens (tertiary/aromatic N) is 3. The molecule has 0 aromatic carbocycles. The molecular weight excluding hydrogens is 264 g/mol. The molecule has 1 saturated heterocycles. The number of carbonyl (C=O) groups is 1. The Morgan fingerprint density at radius 3 is 3.11 bits per heavy atom. The van der Waals surface area contributed by atoms with Gasteiger partial charge in [0.25, 0.3) is 0 Å². The predicted molar refractivity (Wildman–Crippen MR) is 74.3 cm³/mol. The lowest BCUT2D eigenvalue weighted by Crippen LogP contribution is -2.21. The summed E-state index contributed by atoms with van der Waals surface area (Å²) in [4.78, 5) is 11.8. The molecule has 0 spiro atoms. The van der Waals surface area contributed by atoms with Crippen molar-refractivity contribution in [1.82, 2.24) is 20.3 Å². The van der Waals surface area contributed by atoms with Crippen LogP contribution in [0, 0.1) is 0 Å². The average molecular weight is 284 g/mol. The number of methoxy groups -OCH3 is 1. The summed E-state index contributed by atoms with van der Waals surface area (Å²) < 4.78 is 6.64. The minimum Gasteiger partial charge on any atom is -0.464 e. The molecule has 1 aliphatic heterocycles. The number of thioether (sulfide) groups is 1. The van der Waals surface area contributed by atoms with Gasteiger partial charge in [-0.05, 0) is 37.8 Å². The molecule has 1 aromatic rings. The van der Waals surface area contributed by atoms with Crippen LogP contribution >= 0.6 is 11.8 Å². The monoisotopic (exact) mass is 284 g/mol. The van der Waals surface area contributed by atoms with Gasteiger partial charge in [-0.3, -0.25) is 0 Å². The summed E-state index contributed by atoms with van der Waals surface area (Å²) >= 11 is 1.81. The van der Waals surface area contributed by atoms with Gasteiger partial charge in [0.05, 0.1) is 18.8 Å². The Labute approximate surface area is 117 Å². The molecule has 0 aliphatic carbocycles. The van der Waals surface area contributed by atoms with Gasteiger partial charge in [-0.15, -0.1) is 5.10 Å². The number of hydrogen-bond donors (Lipinski definition) is 1. The summed E-state index contributed by atoms with van der Waals surface area (Å²) in [6.07, 6.45) is 5.23. The van der Waals surface area contributed by atoms with E-state index in [4.69, 9.17) is 4.74 Å². The SMILES string of the molecule is COC(=O)c1nnn(CCCSC)c1C1CCCN1. The lowest BCUT2D eigenvalue weighted by atomic mass is 10.1. The number of aryl methyl sites for hydroxylation is 1. The van der Waals surface area contributed by atoms with E-state index in [0.29, 0.717) is 5.69 Å². The number of carbonyl (C=O) groups excluding carboxylic acids is 1. The van der Waals surface area contributed by atoms with Gasteiger partial charge in [-0.2, -0.15) is 11.8 Å². The van der Waals surface area contributed by atoms with Crippen LogP contribution in [0.15, 0.2) is 0 Å². The highest BCUT2D eigenvalue weighted by Gasteiger charge is 2.28. The number of rotatable bonds is 6. The van der Waals surface area contributed by atoms with Crippen molar-refractivity contribution in [1.29, 1.82) is 0 Å². The van der Waals surface area contributed by atoms with Crippen LogP contribution in [0.25, 0.3) is 0 Å². The summed E-state index contributed by atoms with van der Waals surface area (Å²) in [7, 11) is 1.38. The third-order valence-electron chi connectivity index (χ3n) is 3.26. The van der Waals surface area contributed by atoms with E-state index >= 15 is 0 Å². The zero-order valence-electron chi connectivity index (χ0n) is 11.4. The highest BCUT2D eigenvalue weighted by Crippen LogP contribution is 2.25. The molecule has 106 valence electrons. The summed E-state index contributed by atoms with van der Waals surface area (Å²) in [6, 6.07) is 0.165. The van der Waals surface area contributed by atoms with Crippen LogP contribution in [0.1, 0.15) is 41.5 Å². The molecule has 1 atom stereocenters. The maximum absolute atomic E-state index is 11.8. The standard InChI is InChI=1S/C12H20N4O2S/c1-18-12(17)10-11(9-5-3-6-13-9)16(15-14-10)7-4-8-19-2/h9,13H,3-8H2,1-2H3. The Morgan fingerprint density at radius 2 is 2.47 bits per heavy atom. The van der Waals surface area contributed by atoms with Crippen molar-refractivity contribution in [2.75, 3.05) is 25.7 Å². The second-order valence-electron chi connectivity index (χ2n) is 4.53. The third-order valence-corrected chi connectivity index (χ3v) is 3.96. The minimum atomic E-state index is -0.403. The molecular formula is C12H20N4O2S. The maximum Gasteiger partial charge on any atom is 0.360 e. The number of esters is 1. The van der Waals surface area contributed by atoms with Gasteiger partial charge in [0, 0.05) is 6.54 Å². The number of nitrogens with one attached hydrogen (secondary N) is 1. The molecule has 0 amide bonds. The summed E-state index contributed by atoms with van der Waals surface area (Å²) in [5.74, 6) is 0.671. The largest absolute Gasteiger partial charge is 0.464 e. The van der Waals surface area contributed by atoms with E-state index in [1.807, 2.05) is 16.4 Å². The van der Waals surface area contributed by atoms with Crippen LogP contribution in [0.3, 0.4) is 0 Å². The van der Waals surface area contributed by atoms with E-state index in [0.717, 1.165) is 43.8 Å². The second-order valence-corrected chi connectivity index (χ2v) is 5.52. The number of aromatic nitrogens is 3. The van der Waals surface area contributed by atoms with E-state index in [-0.39, 0.29) is 6.04 Å². The van der Waals surface area contributed by atoms with E-state index in [1.165, 1.54) is 7.11 Å². The summed E-state index contributed by atoms with van der Waals surface area (Å²) in [5, 5.41) is 11.5. The minimum absolute atomic E-state index is 0.165. The summed E-state index contributed by atoms with van der Waals surface area (Å²) in [5.41, 5.74) is 1.23. The van der Waals surface area contributed by atoms with Gasteiger partial charge in [0.2, 0.25) is 0 Å². The fraction of sp³-hybridized carbons (Fsp3) is 0.750. The van der Waals surface area contributed by atoms with Crippen molar-refractivity contribution in [3.8, 4) is 0 Å². The molecule has 1 fully saturated rings. The molecule has 1 aliphatic rings. The second kappa shape index (κ2) is 6.91. The zero-order valence-corrected chi connectivity index (χ0v) is 12.2. The normalized spacial score (nSPS) is 18.7. The van der Waals surface area contributed by atoms with Gasteiger partial charge >= 0.3 is 5.97 Å². The molecule has 1 N–H and O–H groups in total. The van der Waals surface area contributed by atoms with Crippen LogP contribution < -0.4 is 5.32 Å². The van der Waals surface area contributed by atoms with Gasteiger partial charge < -0.3 is 10.1 Å². The fourth-order valence-corrected chi connectivity index (χ4v) is 2.77. The Hall–Kier alpha value is -1.08. The molecule has 0 radical (unpaired) electrons. The van der Waals surface area contributed by atoms with Crippen LogP contribution in [-0.4, -0.2) is 46.6 Å². The van der Waals surface area contributed by atoms with Crippen molar-refractivity contribution < 1.29 is 9.53 Å². The van der Waals surface area contributed by atoms with Gasteiger partial charge in [0.1, 0.15) is 0 Å². The van der Waals surface area contributed by atoms with E-state index < -0.39 is 5.97 Å². The van der Waals surface area contributed by atoms with E-state index in [2.05, 4.69) is 21.9 Å². The van der Waals surface area contributed by atoms with Crippen molar-refractivity contribution in [2.24, 2.45) is 0 Å². The van der Waals surface area contributed by atoms with Gasteiger partial charge in [0.15, 0.2) is 5.69 Å². The van der Waals surface area contributed by atoms with Crippen LogP contribution in [0.4, 0.5) is 0 Å². The lowest BCUT2D eigenvalue weighted by Gasteiger charge is -2.13. The van der Waals surface area contributed by atoms with Gasteiger partial charge in [-0.25, -0.2) is 9.48 Å². The highest BCUT2D eigenvalue weighted by atomic mass is 32.2. The molecule has 19 heavy (non-hydrogen) atoms. The first-order valence-corrected chi connectivity index (χ1v) is 7.91. The molecule has 7 heteroatoms. The van der Waals surface area contributed by atoms with Crippen molar-refractivity contribution in [3.63, 3.8) is 0 Å². The van der Waals surface area contributed by atoms with E-state index in [1.54, 1.807) is 0 Å². The highest BCUT2D eigenvalue weighted by molar-refractivity contribution is 7.98. The van der Waals surface area contributed by atoms with Crippen molar-refractivity contribution >= 4 is 17.7 Å². The molecule has 2 heterocycles. The molecule has 2 rings (SSSR count). The van der Waals surface area contributed by atoms with E-state index in [9.17, 15) is 4.79 Å². The fourth-order valence-electron chi connectivity index (χ4n) is 2.35. The molecule has 0 bridgehead atoms.